The van der Waals surface area contributed by atoms with Crippen LogP contribution in [0.3, 0.4) is 0 Å². The Kier molecular flexibility index (Phi) is 5.79. The van der Waals surface area contributed by atoms with Gasteiger partial charge in [-0.3, -0.25) is 4.79 Å². The number of aromatic nitrogens is 2. The van der Waals surface area contributed by atoms with E-state index in [-0.39, 0.29) is 5.91 Å². The standard InChI is InChI=1S/C23H18ClN3OS/c1-15-11-12-17(13-19(15)24)27-22(28)21(16-7-3-2-4-8-16)29-23-18-9-5-6-10-20(18)25-14-26-23/h2-14,21H,1H3,(H,27,28)/t21-/m0/s1. The zero-order valence-corrected chi connectivity index (χ0v) is 17.2. The van der Waals surface area contributed by atoms with Crippen LogP contribution in [-0.2, 0) is 4.79 Å². The zero-order chi connectivity index (χ0) is 20.2. The van der Waals surface area contributed by atoms with Crippen molar-refractivity contribution < 1.29 is 4.79 Å². The van der Waals surface area contributed by atoms with E-state index in [4.69, 9.17) is 11.6 Å². The van der Waals surface area contributed by atoms with Gasteiger partial charge in [-0.05, 0) is 36.2 Å². The number of aryl methyl sites for hydroxylation is 1. The number of hydrogen-bond acceptors (Lipinski definition) is 4. The first-order chi connectivity index (χ1) is 14.1. The van der Waals surface area contributed by atoms with Gasteiger partial charge in [0.2, 0.25) is 5.91 Å². The second kappa shape index (κ2) is 8.64. The molecule has 0 aliphatic carbocycles. The second-order valence-electron chi connectivity index (χ2n) is 6.56. The minimum absolute atomic E-state index is 0.135. The van der Waals surface area contributed by atoms with Gasteiger partial charge in [-0.2, -0.15) is 0 Å². The number of nitrogens with one attached hydrogen (secondary N) is 1. The molecule has 29 heavy (non-hydrogen) atoms. The molecule has 6 heteroatoms. The highest BCUT2D eigenvalue weighted by Gasteiger charge is 2.24. The number of amides is 1. The minimum Gasteiger partial charge on any atom is -0.325 e. The van der Waals surface area contributed by atoms with Crippen LogP contribution < -0.4 is 5.32 Å². The molecule has 0 fully saturated rings. The van der Waals surface area contributed by atoms with E-state index in [0.29, 0.717) is 10.7 Å². The Balaban J connectivity index is 1.68. The molecule has 144 valence electrons. The Morgan fingerprint density at radius 1 is 1.00 bits per heavy atom. The third-order valence-electron chi connectivity index (χ3n) is 4.52. The first-order valence-electron chi connectivity index (χ1n) is 9.10. The van der Waals surface area contributed by atoms with Crippen molar-refractivity contribution in [3.05, 3.63) is 95.3 Å². The molecule has 0 aliphatic rings. The lowest BCUT2D eigenvalue weighted by molar-refractivity contribution is -0.115. The van der Waals surface area contributed by atoms with Gasteiger partial charge in [0.15, 0.2) is 0 Å². The van der Waals surface area contributed by atoms with Gasteiger partial charge in [-0.25, -0.2) is 9.97 Å². The third kappa shape index (κ3) is 4.42. The topological polar surface area (TPSA) is 54.9 Å². The highest BCUT2D eigenvalue weighted by atomic mass is 35.5. The van der Waals surface area contributed by atoms with Crippen LogP contribution in [0.15, 0.2) is 84.1 Å². The first-order valence-corrected chi connectivity index (χ1v) is 10.4. The molecule has 0 aliphatic heterocycles. The number of benzene rings is 3. The van der Waals surface area contributed by atoms with Crippen LogP contribution in [0.2, 0.25) is 5.02 Å². The Morgan fingerprint density at radius 2 is 1.76 bits per heavy atom. The number of carbonyl (C=O) groups is 1. The molecule has 1 atom stereocenters. The molecule has 1 amide bonds. The number of anilines is 1. The maximum atomic E-state index is 13.2. The number of rotatable bonds is 5. The molecule has 4 rings (SSSR count). The lowest BCUT2D eigenvalue weighted by atomic mass is 10.1. The number of para-hydroxylation sites is 1. The summed E-state index contributed by atoms with van der Waals surface area (Å²) in [6.07, 6.45) is 1.53. The molecule has 0 saturated carbocycles. The number of fused-ring (bicyclic) bond motifs is 1. The van der Waals surface area contributed by atoms with Crippen molar-refractivity contribution in [1.29, 1.82) is 0 Å². The van der Waals surface area contributed by atoms with Gasteiger partial charge in [0, 0.05) is 16.1 Å². The maximum absolute atomic E-state index is 13.2. The monoisotopic (exact) mass is 419 g/mol. The largest absolute Gasteiger partial charge is 0.325 e. The summed E-state index contributed by atoms with van der Waals surface area (Å²) >= 11 is 7.63. The average Bonchev–Trinajstić information content (AvgIpc) is 2.75. The Bertz CT molecular complexity index is 1160. The summed E-state index contributed by atoms with van der Waals surface area (Å²) in [5.74, 6) is -0.135. The summed E-state index contributed by atoms with van der Waals surface area (Å²) in [6, 6.07) is 23.0. The Hall–Kier alpha value is -2.89. The van der Waals surface area contributed by atoms with Crippen molar-refractivity contribution in [2.45, 2.75) is 17.2 Å². The van der Waals surface area contributed by atoms with Crippen LogP contribution in [0.1, 0.15) is 16.4 Å². The van der Waals surface area contributed by atoms with Gasteiger partial charge in [-0.15, -0.1) is 0 Å². The SMILES string of the molecule is Cc1ccc(NC(=O)[C@@H](Sc2ncnc3ccccc23)c2ccccc2)cc1Cl. The van der Waals surface area contributed by atoms with E-state index in [9.17, 15) is 4.79 Å². The Morgan fingerprint density at radius 3 is 2.55 bits per heavy atom. The van der Waals surface area contributed by atoms with Crippen LogP contribution >= 0.6 is 23.4 Å². The smallest absolute Gasteiger partial charge is 0.242 e. The fourth-order valence-corrected chi connectivity index (χ4v) is 4.24. The normalized spacial score (nSPS) is 11.9. The van der Waals surface area contributed by atoms with Gasteiger partial charge < -0.3 is 5.32 Å². The van der Waals surface area contributed by atoms with Crippen molar-refractivity contribution in [3.8, 4) is 0 Å². The maximum Gasteiger partial charge on any atom is 0.242 e. The second-order valence-corrected chi connectivity index (χ2v) is 8.06. The summed E-state index contributed by atoms with van der Waals surface area (Å²) in [5.41, 5.74) is 3.38. The lowest BCUT2D eigenvalue weighted by Crippen LogP contribution is -2.19. The summed E-state index contributed by atoms with van der Waals surface area (Å²) in [6.45, 7) is 1.93. The minimum atomic E-state index is -0.477. The number of nitrogens with zero attached hydrogens (tertiary/aromatic N) is 2. The highest BCUT2D eigenvalue weighted by molar-refractivity contribution is 8.00. The summed E-state index contributed by atoms with van der Waals surface area (Å²) in [5, 5.41) is 4.82. The van der Waals surface area contributed by atoms with E-state index >= 15 is 0 Å². The highest BCUT2D eigenvalue weighted by Crippen LogP contribution is 2.38. The van der Waals surface area contributed by atoms with E-state index in [1.54, 1.807) is 6.07 Å². The first kappa shape index (κ1) is 19.4. The summed E-state index contributed by atoms with van der Waals surface area (Å²) < 4.78 is 0. The van der Waals surface area contributed by atoms with E-state index < -0.39 is 5.25 Å². The predicted molar refractivity (Wildman–Crippen MR) is 119 cm³/mol. The van der Waals surface area contributed by atoms with Gasteiger partial charge in [-0.1, -0.05) is 78.0 Å². The molecule has 0 radical (unpaired) electrons. The van der Waals surface area contributed by atoms with Crippen molar-refractivity contribution in [1.82, 2.24) is 9.97 Å². The zero-order valence-electron chi connectivity index (χ0n) is 15.7. The number of hydrogen-bond donors (Lipinski definition) is 1. The van der Waals surface area contributed by atoms with Crippen molar-refractivity contribution >= 4 is 45.9 Å². The molecule has 0 spiro atoms. The van der Waals surface area contributed by atoms with Gasteiger partial charge in [0.1, 0.15) is 16.6 Å². The number of carbonyl (C=O) groups excluding carboxylic acids is 1. The average molecular weight is 420 g/mol. The van der Waals surface area contributed by atoms with Crippen molar-refractivity contribution in [2.24, 2.45) is 0 Å². The molecule has 1 aromatic heterocycles. The van der Waals surface area contributed by atoms with E-state index in [0.717, 1.165) is 27.1 Å². The molecule has 4 aromatic rings. The molecular weight excluding hydrogens is 402 g/mol. The quantitative estimate of drug-likeness (QED) is 0.315. The van der Waals surface area contributed by atoms with Crippen LogP contribution in [0, 0.1) is 6.92 Å². The molecule has 0 unspecified atom stereocenters. The van der Waals surface area contributed by atoms with Gasteiger partial charge in [0.25, 0.3) is 0 Å². The number of thioether (sulfide) groups is 1. The van der Waals surface area contributed by atoms with E-state index in [2.05, 4.69) is 15.3 Å². The summed E-state index contributed by atoms with van der Waals surface area (Å²) in [4.78, 5) is 22.0. The molecule has 4 nitrogen and oxygen atoms in total. The summed E-state index contributed by atoms with van der Waals surface area (Å²) in [7, 11) is 0. The predicted octanol–water partition coefficient (Wildman–Crippen LogP) is 6.06. The van der Waals surface area contributed by atoms with Crippen LogP contribution in [0.25, 0.3) is 10.9 Å². The molecule has 0 saturated heterocycles. The van der Waals surface area contributed by atoms with Crippen molar-refractivity contribution in [2.75, 3.05) is 5.32 Å². The molecular formula is C23H18ClN3OS. The van der Waals surface area contributed by atoms with Gasteiger partial charge in [0.05, 0.1) is 5.52 Å². The number of halogens is 1. The fraction of sp³-hybridized carbons (Fsp3) is 0.0870. The molecule has 0 bridgehead atoms. The van der Waals surface area contributed by atoms with Crippen LogP contribution in [-0.4, -0.2) is 15.9 Å². The van der Waals surface area contributed by atoms with E-state index in [1.807, 2.05) is 73.7 Å². The van der Waals surface area contributed by atoms with E-state index in [1.165, 1.54) is 18.1 Å². The third-order valence-corrected chi connectivity index (χ3v) is 6.19. The molecule has 3 aromatic carbocycles. The van der Waals surface area contributed by atoms with Crippen LogP contribution in [0.4, 0.5) is 5.69 Å². The van der Waals surface area contributed by atoms with Crippen LogP contribution in [0.5, 0.6) is 0 Å². The molecule has 1 N–H and O–H groups in total. The fourth-order valence-electron chi connectivity index (χ4n) is 2.96. The molecule has 1 heterocycles. The van der Waals surface area contributed by atoms with Gasteiger partial charge >= 0.3 is 0 Å². The Labute approximate surface area is 178 Å². The lowest BCUT2D eigenvalue weighted by Gasteiger charge is -2.17. The van der Waals surface area contributed by atoms with Crippen molar-refractivity contribution in [3.63, 3.8) is 0 Å².